The van der Waals surface area contributed by atoms with Gasteiger partial charge in [-0.2, -0.15) is 0 Å². The molecule has 2 heteroatoms. The third-order valence-corrected chi connectivity index (χ3v) is 4.35. The Hall–Kier alpha value is -0.340. The third-order valence-electron chi connectivity index (χ3n) is 4.35. The molecule has 1 saturated carbocycles. The summed E-state index contributed by atoms with van der Waals surface area (Å²) in [5.41, 5.74) is 4.69. The van der Waals surface area contributed by atoms with Gasteiger partial charge in [0.05, 0.1) is 0 Å². The van der Waals surface area contributed by atoms with Crippen molar-refractivity contribution in [2.24, 2.45) is 23.1 Å². The highest BCUT2D eigenvalue weighted by Gasteiger charge is 2.32. The van der Waals surface area contributed by atoms with Gasteiger partial charge in [0.15, 0.2) is 0 Å². The van der Waals surface area contributed by atoms with Crippen LogP contribution in [-0.4, -0.2) is 6.04 Å². The van der Waals surface area contributed by atoms with Gasteiger partial charge in [-0.15, -0.1) is 6.58 Å². The van der Waals surface area contributed by atoms with Gasteiger partial charge in [0.1, 0.15) is 0 Å². The maximum Gasteiger partial charge on any atom is 0.0275 e. The summed E-state index contributed by atoms with van der Waals surface area (Å²) in [5.74, 6) is 7.29. The average molecular weight is 238 g/mol. The molecule has 1 aliphatic carbocycles. The van der Waals surface area contributed by atoms with Crippen LogP contribution in [0.1, 0.15) is 59.8 Å². The summed E-state index contributed by atoms with van der Waals surface area (Å²) in [4.78, 5) is 0. The van der Waals surface area contributed by atoms with Crippen molar-refractivity contribution in [3.05, 3.63) is 12.2 Å². The van der Waals surface area contributed by atoms with E-state index in [1.54, 1.807) is 0 Å². The molecule has 0 bridgehead atoms. The Balaban J connectivity index is 2.47. The summed E-state index contributed by atoms with van der Waals surface area (Å²) < 4.78 is 0. The van der Waals surface area contributed by atoms with Crippen LogP contribution in [0, 0.1) is 17.3 Å². The van der Waals surface area contributed by atoms with E-state index in [4.69, 9.17) is 5.84 Å². The van der Waals surface area contributed by atoms with Crippen LogP contribution in [0.25, 0.3) is 0 Å². The minimum Gasteiger partial charge on any atom is -0.271 e. The molecule has 0 saturated heterocycles. The number of rotatable bonds is 4. The second-order valence-electron chi connectivity index (χ2n) is 6.91. The molecule has 0 spiro atoms. The molecular formula is C15H30N2. The molecule has 2 nitrogen and oxygen atoms in total. The first kappa shape index (κ1) is 14.7. The second kappa shape index (κ2) is 6.01. The highest BCUT2D eigenvalue weighted by Crippen LogP contribution is 2.41. The van der Waals surface area contributed by atoms with E-state index in [-0.39, 0.29) is 0 Å². The van der Waals surface area contributed by atoms with Gasteiger partial charge in [-0.1, -0.05) is 26.3 Å². The zero-order valence-electron chi connectivity index (χ0n) is 12.1. The van der Waals surface area contributed by atoms with Crippen LogP contribution < -0.4 is 11.3 Å². The van der Waals surface area contributed by atoms with Crippen molar-refractivity contribution in [3.8, 4) is 0 Å². The lowest BCUT2D eigenvalue weighted by atomic mass is 9.68. The topological polar surface area (TPSA) is 38.0 Å². The zero-order chi connectivity index (χ0) is 13.1. The fourth-order valence-corrected chi connectivity index (χ4v) is 3.12. The van der Waals surface area contributed by atoms with Gasteiger partial charge >= 0.3 is 0 Å². The first-order valence-electron chi connectivity index (χ1n) is 6.95. The maximum absolute atomic E-state index is 5.68. The quantitative estimate of drug-likeness (QED) is 0.446. The first-order chi connectivity index (χ1) is 7.84. The largest absolute Gasteiger partial charge is 0.271 e. The van der Waals surface area contributed by atoms with Crippen LogP contribution >= 0.6 is 0 Å². The molecule has 1 atom stereocenters. The molecule has 0 aromatic heterocycles. The second-order valence-corrected chi connectivity index (χ2v) is 6.91. The predicted octanol–water partition coefficient (Wildman–Crippen LogP) is 3.64. The molecule has 1 fully saturated rings. The first-order valence-corrected chi connectivity index (χ1v) is 6.95. The van der Waals surface area contributed by atoms with Gasteiger partial charge < -0.3 is 0 Å². The minimum absolute atomic E-state index is 0.424. The fraction of sp³-hybridized carbons (Fsp3) is 0.867. The van der Waals surface area contributed by atoms with E-state index in [0.29, 0.717) is 11.5 Å². The molecule has 0 aromatic rings. The summed E-state index contributed by atoms with van der Waals surface area (Å²) in [6.45, 7) is 13.2. The molecule has 1 rings (SSSR count). The van der Waals surface area contributed by atoms with Crippen LogP contribution in [0.2, 0.25) is 0 Å². The Morgan fingerprint density at radius 2 is 1.82 bits per heavy atom. The highest BCUT2D eigenvalue weighted by molar-refractivity contribution is 4.95. The summed E-state index contributed by atoms with van der Waals surface area (Å²) in [5, 5.41) is 0. The monoisotopic (exact) mass is 238 g/mol. The number of hydrazine groups is 1. The SMILES string of the molecule is C=C(C)CC(NN)C1CCC(C(C)(C)C)CC1. The van der Waals surface area contributed by atoms with Gasteiger partial charge in [-0.05, 0) is 56.3 Å². The summed E-state index contributed by atoms with van der Waals surface area (Å²) >= 11 is 0. The van der Waals surface area contributed by atoms with E-state index >= 15 is 0 Å². The van der Waals surface area contributed by atoms with Crippen LogP contribution in [-0.2, 0) is 0 Å². The number of hydrogen-bond acceptors (Lipinski definition) is 2. The van der Waals surface area contributed by atoms with Gasteiger partial charge in [0.2, 0.25) is 0 Å². The number of nitrogens with one attached hydrogen (secondary N) is 1. The van der Waals surface area contributed by atoms with Crippen molar-refractivity contribution < 1.29 is 0 Å². The van der Waals surface area contributed by atoms with Crippen LogP contribution in [0.4, 0.5) is 0 Å². The van der Waals surface area contributed by atoms with E-state index in [2.05, 4.69) is 39.7 Å². The average Bonchev–Trinajstić information content (AvgIpc) is 2.24. The maximum atomic E-state index is 5.68. The molecule has 3 N–H and O–H groups in total. The van der Waals surface area contributed by atoms with E-state index < -0.39 is 0 Å². The lowest BCUT2D eigenvalue weighted by molar-refractivity contribution is 0.132. The summed E-state index contributed by atoms with van der Waals surface area (Å²) in [6.07, 6.45) is 6.33. The van der Waals surface area contributed by atoms with Crippen molar-refractivity contribution in [3.63, 3.8) is 0 Å². The van der Waals surface area contributed by atoms with Crippen molar-refractivity contribution >= 4 is 0 Å². The lowest BCUT2D eigenvalue weighted by Crippen LogP contribution is -2.43. The number of hydrogen-bond donors (Lipinski definition) is 2. The van der Waals surface area contributed by atoms with E-state index in [0.717, 1.165) is 18.3 Å². The molecule has 1 unspecified atom stereocenters. The Bertz CT molecular complexity index is 244. The van der Waals surface area contributed by atoms with E-state index in [1.807, 2.05) is 0 Å². The highest BCUT2D eigenvalue weighted by atomic mass is 15.2. The Kier molecular flexibility index (Phi) is 5.21. The van der Waals surface area contributed by atoms with Crippen LogP contribution in [0.15, 0.2) is 12.2 Å². The normalized spacial score (nSPS) is 27.8. The molecule has 100 valence electrons. The Morgan fingerprint density at radius 3 is 2.18 bits per heavy atom. The Labute approximate surface area is 107 Å². The fourth-order valence-electron chi connectivity index (χ4n) is 3.12. The third kappa shape index (κ3) is 4.44. The van der Waals surface area contributed by atoms with Gasteiger partial charge in [-0.25, -0.2) is 0 Å². The lowest BCUT2D eigenvalue weighted by Gasteiger charge is -2.39. The van der Waals surface area contributed by atoms with Crippen molar-refractivity contribution in [2.75, 3.05) is 0 Å². The van der Waals surface area contributed by atoms with Gasteiger partial charge in [0.25, 0.3) is 0 Å². The molecule has 1 aliphatic rings. The minimum atomic E-state index is 0.424. The molecule has 17 heavy (non-hydrogen) atoms. The molecule has 0 amide bonds. The zero-order valence-corrected chi connectivity index (χ0v) is 12.1. The standard InChI is InChI=1S/C15H30N2/c1-11(2)10-14(17-16)12-6-8-13(9-7-12)15(3,4)5/h12-14,17H,1,6-10,16H2,2-5H3. The molecule has 0 aromatic carbocycles. The number of nitrogens with two attached hydrogens (primary N) is 1. The summed E-state index contributed by atoms with van der Waals surface area (Å²) in [7, 11) is 0. The molecule has 0 heterocycles. The van der Waals surface area contributed by atoms with Gasteiger partial charge in [-0.3, -0.25) is 11.3 Å². The van der Waals surface area contributed by atoms with Crippen LogP contribution in [0.5, 0.6) is 0 Å². The molecule has 0 radical (unpaired) electrons. The Morgan fingerprint density at radius 1 is 1.29 bits per heavy atom. The van der Waals surface area contributed by atoms with Gasteiger partial charge in [0, 0.05) is 6.04 Å². The smallest absolute Gasteiger partial charge is 0.0275 e. The van der Waals surface area contributed by atoms with Crippen molar-refractivity contribution in [1.29, 1.82) is 0 Å². The van der Waals surface area contributed by atoms with Crippen LogP contribution in [0.3, 0.4) is 0 Å². The van der Waals surface area contributed by atoms with Crippen molar-refractivity contribution in [2.45, 2.75) is 65.8 Å². The summed E-state index contributed by atoms with van der Waals surface area (Å²) in [6, 6.07) is 0.424. The molecular weight excluding hydrogens is 208 g/mol. The van der Waals surface area contributed by atoms with E-state index in [1.165, 1.54) is 31.3 Å². The molecule has 0 aliphatic heterocycles. The predicted molar refractivity (Wildman–Crippen MR) is 75.4 cm³/mol. The van der Waals surface area contributed by atoms with Crippen molar-refractivity contribution in [1.82, 2.24) is 5.43 Å². The van der Waals surface area contributed by atoms with E-state index in [9.17, 15) is 0 Å².